The van der Waals surface area contributed by atoms with Crippen LogP contribution in [0, 0.1) is 19.8 Å². The van der Waals surface area contributed by atoms with E-state index in [0.29, 0.717) is 0 Å². The fraction of sp³-hybridized carbons (Fsp3) is 0.600. The fourth-order valence-electron chi connectivity index (χ4n) is 4.53. The van der Waals surface area contributed by atoms with Gasteiger partial charge in [-0.05, 0) is 69.2 Å². The van der Waals surface area contributed by atoms with Crippen molar-refractivity contribution >= 4 is 29.9 Å². The lowest BCUT2D eigenvalue weighted by molar-refractivity contribution is 0.176. The second-order valence-corrected chi connectivity index (χ2v) is 9.25. The molecular weight excluding hydrogens is 511 g/mol. The molecule has 1 fully saturated rings. The summed E-state index contributed by atoms with van der Waals surface area (Å²) in [5, 5.41) is 11.5. The zero-order valence-corrected chi connectivity index (χ0v) is 22.9. The number of benzene rings is 1. The van der Waals surface area contributed by atoms with Gasteiger partial charge in [-0.25, -0.2) is 0 Å². The van der Waals surface area contributed by atoms with Gasteiger partial charge in [0.2, 0.25) is 0 Å². The zero-order chi connectivity index (χ0) is 22.4. The summed E-state index contributed by atoms with van der Waals surface area (Å²) in [6.07, 6.45) is 3.63. The predicted molar refractivity (Wildman–Crippen MR) is 145 cm³/mol. The van der Waals surface area contributed by atoms with Crippen LogP contribution in [0.25, 0.3) is 0 Å². The molecule has 6 nitrogen and oxygen atoms in total. The highest BCUT2D eigenvalue weighted by Gasteiger charge is 2.16. The molecule has 2 N–H and O–H groups in total. The van der Waals surface area contributed by atoms with E-state index in [0.717, 1.165) is 37.1 Å². The van der Waals surface area contributed by atoms with Gasteiger partial charge in [0.05, 0.1) is 5.69 Å². The van der Waals surface area contributed by atoms with Crippen molar-refractivity contribution in [3.8, 4) is 0 Å². The standard InChI is InChI=1S/C25H40N6.HI/c1-18-8-7-13-31(16-18)17-23-11-9-22(10-12-23)15-27-25(26-5)28-19(2)14-24-20(3)29-30(6)21(24)4;/h9-12,18-19H,7-8,13-17H2,1-6H3,(H2,26,27,28);1H. The molecule has 0 spiro atoms. The van der Waals surface area contributed by atoms with Crippen LogP contribution in [0.15, 0.2) is 29.3 Å². The maximum absolute atomic E-state index is 4.53. The highest BCUT2D eigenvalue weighted by atomic mass is 127. The third-order valence-corrected chi connectivity index (χ3v) is 6.41. The number of nitrogens with zero attached hydrogens (tertiary/aromatic N) is 4. The van der Waals surface area contributed by atoms with E-state index >= 15 is 0 Å². The molecule has 0 amide bonds. The minimum absolute atomic E-state index is 0. The summed E-state index contributed by atoms with van der Waals surface area (Å²) in [5.41, 5.74) is 6.32. The van der Waals surface area contributed by atoms with Crippen LogP contribution in [0.1, 0.15) is 54.8 Å². The first kappa shape index (κ1) is 26.6. The number of aliphatic imine (C=N–C) groups is 1. The minimum atomic E-state index is 0. The van der Waals surface area contributed by atoms with Crippen LogP contribution in [0.3, 0.4) is 0 Å². The van der Waals surface area contributed by atoms with Crippen molar-refractivity contribution in [2.75, 3.05) is 20.1 Å². The summed E-state index contributed by atoms with van der Waals surface area (Å²) >= 11 is 0. The van der Waals surface area contributed by atoms with Crippen molar-refractivity contribution in [3.63, 3.8) is 0 Å². The van der Waals surface area contributed by atoms with Crippen LogP contribution in [0.5, 0.6) is 0 Å². The summed E-state index contributed by atoms with van der Waals surface area (Å²) in [6, 6.07) is 9.26. The lowest BCUT2D eigenvalue weighted by Crippen LogP contribution is -2.42. The third kappa shape index (κ3) is 7.47. The Morgan fingerprint density at radius 3 is 2.50 bits per heavy atom. The van der Waals surface area contributed by atoms with Gasteiger partial charge in [-0.1, -0.05) is 31.2 Å². The molecule has 0 aliphatic carbocycles. The molecule has 2 heterocycles. The van der Waals surface area contributed by atoms with Gasteiger partial charge in [-0.2, -0.15) is 5.10 Å². The smallest absolute Gasteiger partial charge is 0.191 e. The van der Waals surface area contributed by atoms with Crippen molar-refractivity contribution in [2.24, 2.45) is 18.0 Å². The molecule has 1 aliphatic heterocycles. The number of likely N-dealkylation sites (tertiary alicyclic amines) is 1. The number of guanidine groups is 1. The summed E-state index contributed by atoms with van der Waals surface area (Å²) < 4.78 is 1.96. The van der Waals surface area contributed by atoms with E-state index in [4.69, 9.17) is 0 Å². The molecular formula is C25H41IN6. The Balaban J connectivity index is 0.00000363. The Bertz CT molecular complexity index is 873. The Hall–Kier alpha value is -1.61. The first-order valence-corrected chi connectivity index (χ1v) is 11.6. The first-order chi connectivity index (χ1) is 14.9. The largest absolute Gasteiger partial charge is 0.354 e. The van der Waals surface area contributed by atoms with Gasteiger partial charge in [0, 0.05) is 45.5 Å². The quantitative estimate of drug-likeness (QED) is 0.308. The van der Waals surface area contributed by atoms with Crippen molar-refractivity contribution in [2.45, 2.75) is 66.1 Å². The van der Waals surface area contributed by atoms with Gasteiger partial charge in [0.15, 0.2) is 5.96 Å². The van der Waals surface area contributed by atoms with Crippen molar-refractivity contribution in [1.29, 1.82) is 0 Å². The number of hydrogen-bond acceptors (Lipinski definition) is 3. The maximum atomic E-state index is 4.53. The predicted octanol–water partition coefficient (Wildman–Crippen LogP) is 4.18. The molecule has 0 saturated carbocycles. The van der Waals surface area contributed by atoms with Crippen LogP contribution in [0.2, 0.25) is 0 Å². The normalized spacial score (nSPS) is 18.2. The van der Waals surface area contributed by atoms with Crippen molar-refractivity contribution < 1.29 is 0 Å². The van der Waals surface area contributed by atoms with Gasteiger partial charge >= 0.3 is 0 Å². The molecule has 0 bridgehead atoms. The molecule has 0 radical (unpaired) electrons. The third-order valence-electron chi connectivity index (χ3n) is 6.41. The SMILES string of the molecule is CN=C(NCc1ccc(CN2CCCC(C)C2)cc1)NC(C)Cc1c(C)nn(C)c1C.I. The summed E-state index contributed by atoms with van der Waals surface area (Å²) in [5.74, 6) is 1.66. The molecule has 2 atom stereocenters. The molecule has 7 heteroatoms. The van der Waals surface area contributed by atoms with Gasteiger partial charge < -0.3 is 10.6 Å². The van der Waals surface area contributed by atoms with E-state index in [1.165, 1.54) is 48.3 Å². The van der Waals surface area contributed by atoms with Gasteiger partial charge in [-0.15, -0.1) is 24.0 Å². The Morgan fingerprint density at radius 2 is 1.91 bits per heavy atom. The van der Waals surface area contributed by atoms with E-state index in [1.54, 1.807) is 0 Å². The number of nitrogens with one attached hydrogen (secondary N) is 2. The summed E-state index contributed by atoms with van der Waals surface area (Å²) in [6.45, 7) is 13.0. The second kappa shape index (κ2) is 12.6. The second-order valence-electron chi connectivity index (χ2n) is 9.25. The number of hydrogen-bond donors (Lipinski definition) is 2. The van der Waals surface area contributed by atoms with Crippen molar-refractivity contribution in [3.05, 3.63) is 52.3 Å². The Labute approximate surface area is 211 Å². The molecule has 1 aromatic heterocycles. The number of halogens is 1. The Kier molecular flexibility index (Phi) is 10.5. The van der Waals surface area contributed by atoms with E-state index < -0.39 is 0 Å². The molecule has 1 aliphatic rings. The van der Waals surface area contributed by atoms with Gasteiger partial charge in [-0.3, -0.25) is 14.6 Å². The summed E-state index contributed by atoms with van der Waals surface area (Å²) in [4.78, 5) is 6.99. The highest BCUT2D eigenvalue weighted by Crippen LogP contribution is 2.18. The van der Waals surface area contributed by atoms with E-state index in [2.05, 4.69) is 77.6 Å². The monoisotopic (exact) mass is 552 g/mol. The van der Waals surface area contributed by atoms with Crippen LogP contribution in [0.4, 0.5) is 0 Å². The highest BCUT2D eigenvalue weighted by molar-refractivity contribution is 14.0. The van der Waals surface area contributed by atoms with Gasteiger partial charge in [0.25, 0.3) is 0 Å². The number of rotatable bonds is 7. The number of aromatic nitrogens is 2. The fourth-order valence-corrected chi connectivity index (χ4v) is 4.53. The molecule has 178 valence electrons. The number of aryl methyl sites for hydroxylation is 2. The average molecular weight is 553 g/mol. The lowest BCUT2D eigenvalue weighted by atomic mass is 9.99. The van der Waals surface area contributed by atoms with E-state index in [-0.39, 0.29) is 30.0 Å². The lowest BCUT2D eigenvalue weighted by Gasteiger charge is -2.30. The molecule has 1 aromatic carbocycles. The molecule has 2 aromatic rings. The van der Waals surface area contributed by atoms with Gasteiger partial charge in [0.1, 0.15) is 0 Å². The van der Waals surface area contributed by atoms with E-state index in [9.17, 15) is 0 Å². The topological polar surface area (TPSA) is 57.5 Å². The molecule has 32 heavy (non-hydrogen) atoms. The van der Waals surface area contributed by atoms with E-state index in [1.807, 2.05) is 18.8 Å². The molecule has 1 saturated heterocycles. The van der Waals surface area contributed by atoms with Crippen LogP contribution < -0.4 is 10.6 Å². The van der Waals surface area contributed by atoms with Crippen LogP contribution >= 0.6 is 24.0 Å². The van der Waals surface area contributed by atoms with Crippen molar-refractivity contribution in [1.82, 2.24) is 25.3 Å². The van der Waals surface area contributed by atoms with Crippen LogP contribution in [-0.4, -0.2) is 46.8 Å². The zero-order valence-electron chi connectivity index (χ0n) is 20.6. The minimum Gasteiger partial charge on any atom is -0.354 e. The number of piperidine rings is 1. The molecule has 2 unspecified atom stereocenters. The molecule has 3 rings (SSSR count). The first-order valence-electron chi connectivity index (χ1n) is 11.6. The Morgan fingerprint density at radius 1 is 1.22 bits per heavy atom. The average Bonchev–Trinajstić information content (AvgIpc) is 2.98. The maximum Gasteiger partial charge on any atom is 0.191 e. The van der Waals surface area contributed by atoms with Crippen LogP contribution in [-0.2, 0) is 26.6 Å². The summed E-state index contributed by atoms with van der Waals surface area (Å²) in [7, 11) is 3.83.